The summed E-state index contributed by atoms with van der Waals surface area (Å²) in [6.07, 6.45) is -8.12. The number of aromatic nitrogens is 3. The summed E-state index contributed by atoms with van der Waals surface area (Å²) < 4.78 is 99.9. The molecule has 1 fully saturated rings. The number of ether oxygens (including phenoxy) is 2. The lowest BCUT2D eigenvalue weighted by molar-refractivity contribution is -0.274. The first-order chi connectivity index (χ1) is 22.1. The number of carbonyl (C=O) groups excluding carboxylic acids is 2. The second-order valence-electron chi connectivity index (χ2n) is 9.83. The first-order valence-electron chi connectivity index (χ1n) is 13.3. The van der Waals surface area contributed by atoms with E-state index in [-0.39, 0.29) is 39.2 Å². The second-order valence-corrected chi connectivity index (χ2v) is 10.8. The summed E-state index contributed by atoms with van der Waals surface area (Å²) in [5, 5.41) is 6.43. The van der Waals surface area contributed by atoms with Gasteiger partial charge < -0.3 is 14.8 Å². The molecule has 3 aromatic carbocycles. The van der Waals surface area contributed by atoms with Crippen molar-refractivity contribution in [2.75, 3.05) is 22.6 Å². The number of alkyl halides is 6. The van der Waals surface area contributed by atoms with Crippen molar-refractivity contribution in [3.8, 4) is 22.8 Å². The van der Waals surface area contributed by atoms with Crippen molar-refractivity contribution in [2.45, 2.75) is 26.1 Å². The molecule has 0 radical (unpaired) electrons. The molecule has 0 aliphatic carbocycles. The lowest BCUT2D eigenvalue weighted by Gasteiger charge is -2.21. The van der Waals surface area contributed by atoms with Crippen LogP contribution in [0.2, 0.25) is 0 Å². The predicted molar refractivity (Wildman–Crippen MR) is 157 cm³/mol. The van der Waals surface area contributed by atoms with E-state index >= 15 is 4.39 Å². The minimum Gasteiger partial charge on any atom is -0.406 e. The van der Waals surface area contributed by atoms with Gasteiger partial charge in [-0.1, -0.05) is 23.9 Å². The van der Waals surface area contributed by atoms with Crippen LogP contribution in [0.4, 0.5) is 46.9 Å². The number of halogens is 7. The molecule has 2 heterocycles. The normalized spacial score (nSPS) is 14.6. The monoisotopic (exact) mass is 682 g/mol. The van der Waals surface area contributed by atoms with Gasteiger partial charge in [-0.2, -0.15) is 18.2 Å². The molecule has 1 N–H and O–H groups in total. The van der Waals surface area contributed by atoms with Gasteiger partial charge in [-0.15, -0.1) is 18.3 Å². The van der Waals surface area contributed by atoms with Crippen LogP contribution in [-0.2, 0) is 16.1 Å². The molecule has 0 unspecified atom stereocenters. The van der Waals surface area contributed by atoms with Gasteiger partial charge in [0.1, 0.15) is 24.5 Å². The van der Waals surface area contributed by atoms with E-state index in [2.05, 4.69) is 25.1 Å². The molecule has 0 spiro atoms. The van der Waals surface area contributed by atoms with Crippen LogP contribution in [0.15, 0.2) is 72.0 Å². The highest BCUT2D eigenvalue weighted by molar-refractivity contribution is 8.15. The average molecular weight is 683 g/mol. The van der Waals surface area contributed by atoms with Crippen LogP contribution < -0.4 is 15.0 Å². The van der Waals surface area contributed by atoms with Crippen LogP contribution in [0.5, 0.6) is 5.75 Å². The van der Waals surface area contributed by atoms with Crippen molar-refractivity contribution in [1.29, 1.82) is 0 Å². The fourth-order valence-electron chi connectivity index (χ4n) is 4.27. The zero-order chi connectivity index (χ0) is 33.9. The molecule has 5 rings (SSSR count). The number of aryl methyl sites for hydroxylation is 1. The number of hydrogen-bond acceptors (Lipinski definition) is 7. The van der Waals surface area contributed by atoms with E-state index in [1.807, 2.05) is 0 Å². The number of rotatable bonds is 8. The number of hydrogen-bond donors (Lipinski definition) is 1. The number of nitrogens with zero attached hydrogens (tertiary/aromatic N) is 5. The quantitative estimate of drug-likeness (QED) is 0.199. The van der Waals surface area contributed by atoms with E-state index in [1.54, 1.807) is 19.1 Å². The van der Waals surface area contributed by atoms with E-state index in [9.17, 15) is 35.9 Å². The lowest BCUT2D eigenvalue weighted by atomic mass is 10.1. The third-order valence-corrected chi connectivity index (χ3v) is 7.19. The van der Waals surface area contributed by atoms with Crippen LogP contribution in [0.1, 0.15) is 11.1 Å². The number of anilines is 2. The number of nitrogens with one attached hydrogen (secondary N) is 1. The molecule has 47 heavy (non-hydrogen) atoms. The minimum absolute atomic E-state index is 0.0695. The van der Waals surface area contributed by atoms with E-state index < -0.39 is 49.3 Å². The summed E-state index contributed by atoms with van der Waals surface area (Å²) in [7, 11) is 0. The Kier molecular flexibility index (Phi) is 9.53. The Hall–Kier alpha value is -4.97. The van der Waals surface area contributed by atoms with Gasteiger partial charge >= 0.3 is 18.6 Å². The molecule has 0 atom stereocenters. The van der Waals surface area contributed by atoms with Crippen LogP contribution in [0, 0.1) is 12.7 Å². The van der Waals surface area contributed by atoms with Crippen molar-refractivity contribution in [3.05, 3.63) is 83.9 Å². The van der Waals surface area contributed by atoms with E-state index in [0.717, 1.165) is 34.9 Å². The zero-order valence-electron chi connectivity index (χ0n) is 23.9. The number of amides is 3. The third kappa shape index (κ3) is 8.64. The van der Waals surface area contributed by atoms with Crippen LogP contribution in [0.25, 0.3) is 17.1 Å². The van der Waals surface area contributed by atoms with Gasteiger partial charge in [0.2, 0.25) is 5.91 Å². The van der Waals surface area contributed by atoms with Gasteiger partial charge in [-0.05, 0) is 61.0 Å². The maximum absolute atomic E-state index is 15.0. The van der Waals surface area contributed by atoms with Gasteiger partial charge in [0.15, 0.2) is 11.0 Å². The van der Waals surface area contributed by atoms with Crippen molar-refractivity contribution < 1.29 is 49.8 Å². The Balaban J connectivity index is 1.29. The third-order valence-electron chi connectivity index (χ3n) is 6.26. The number of amidine groups is 1. The van der Waals surface area contributed by atoms with Gasteiger partial charge in [-0.3, -0.25) is 9.69 Å². The predicted octanol–water partition coefficient (Wildman–Crippen LogP) is 7.03. The summed E-state index contributed by atoms with van der Waals surface area (Å²) in [5.41, 5.74) is 1.44. The Bertz CT molecular complexity index is 1830. The van der Waals surface area contributed by atoms with Gasteiger partial charge in [-0.25, -0.2) is 18.9 Å². The fourth-order valence-corrected chi connectivity index (χ4v) is 5.13. The minimum atomic E-state index is -4.84. The smallest absolute Gasteiger partial charge is 0.406 e. The number of thioether (sulfide) groups is 1. The van der Waals surface area contributed by atoms with Crippen molar-refractivity contribution in [3.63, 3.8) is 0 Å². The van der Waals surface area contributed by atoms with E-state index in [0.29, 0.717) is 11.3 Å². The molecule has 1 aliphatic heterocycles. The maximum Gasteiger partial charge on any atom is 0.573 e. The SMILES string of the molecule is Cc1ccc(COCC(F)(F)F)c(N2C(=O)CSC2=NC(=O)Nc2ccc(-c3ncn(-c4ccc(OC(F)(F)F)cc4)n3)cc2F)c1. The average Bonchev–Trinajstić information content (AvgIpc) is 3.61. The Labute approximate surface area is 265 Å². The Morgan fingerprint density at radius 1 is 1.04 bits per heavy atom. The first-order valence-corrected chi connectivity index (χ1v) is 14.3. The molecule has 10 nitrogen and oxygen atoms in total. The zero-order valence-corrected chi connectivity index (χ0v) is 24.7. The topological polar surface area (TPSA) is 111 Å². The highest BCUT2D eigenvalue weighted by atomic mass is 32.2. The highest BCUT2D eigenvalue weighted by Crippen LogP contribution is 2.32. The van der Waals surface area contributed by atoms with E-state index in [1.165, 1.54) is 41.3 Å². The number of benzene rings is 3. The van der Waals surface area contributed by atoms with Crippen LogP contribution in [-0.4, -0.2) is 56.8 Å². The van der Waals surface area contributed by atoms with Gasteiger partial charge in [0.25, 0.3) is 0 Å². The Morgan fingerprint density at radius 3 is 2.47 bits per heavy atom. The standard InChI is InChI=1S/C29H21F7N6O4S/c1-16-2-3-18(12-45-14-28(31,32)33)23(10-16)42-24(43)13-47-27(42)39-26(44)38-22-9-4-17(11-21(22)30)25-37-15-41(40-25)19-5-7-20(8-6-19)46-29(34,35)36/h2-11,15H,12-14H2,1H3,(H,38,44). The summed E-state index contributed by atoms with van der Waals surface area (Å²) in [6, 6.07) is 12.2. The number of carbonyl (C=O) groups is 2. The largest absolute Gasteiger partial charge is 0.573 e. The molecule has 1 aliphatic rings. The maximum atomic E-state index is 15.0. The summed E-state index contributed by atoms with van der Waals surface area (Å²) in [5.74, 6) is -1.81. The van der Waals surface area contributed by atoms with Crippen molar-refractivity contribution in [2.24, 2.45) is 4.99 Å². The molecule has 0 bridgehead atoms. The molecule has 3 amide bonds. The first kappa shape index (κ1) is 33.4. The van der Waals surface area contributed by atoms with Crippen molar-refractivity contribution in [1.82, 2.24) is 14.8 Å². The summed E-state index contributed by atoms with van der Waals surface area (Å²) in [4.78, 5) is 34.6. The van der Waals surface area contributed by atoms with Crippen LogP contribution in [0.3, 0.4) is 0 Å². The van der Waals surface area contributed by atoms with Crippen LogP contribution >= 0.6 is 11.8 Å². The second kappa shape index (κ2) is 13.4. The van der Waals surface area contributed by atoms with Gasteiger partial charge in [0, 0.05) is 11.1 Å². The molecule has 1 saturated heterocycles. The number of aliphatic imine (C=N–C) groups is 1. The molecule has 18 heteroatoms. The molecule has 1 aromatic heterocycles. The molecular formula is C29H21F7N6O4S. The molecule has 246 valence electrons. The van der Waals surface area contributed by atoms with Gasteiger partial charge in [0.05, 0.1) is 29.4 Å². The highest BCUT2D eigenvalue weighted by Gasteiger charge is 2.33. The van der Waals surface area contributed by atoms with Crippen molar-refractivity contribution >= 4 is 40.2 Å². The fraction of sp³-hybridized carbons (Fsp3) is 0.207. The molecule has 0 saturated carbocycles. The number of urea groups is 1. The van der Waals surface area contributed by atoms with E-state index in [4.69, 9.17) is 4.74 Å². The summed E-state index contributed by atoms with van der Waals surface area (Å²) >= 11 is 0.918. The molecule has 4 aromatic rings. The Morgan fingerprint density at radius 2 is 1.79 bits per heavy atom. The summed E-state index contributed by atoms with van der Waals surface area (Å²) in [6.45, 7) is -0.245. The lowest BCUT2D eigenvalue weighted by Crippen LogP contribution is -2.31. The molecular weight excluding hydrogens is 661 g/mol.